The molecule has 2 fully saturated rings. The van der Waals surface area contributed by atoms with Crippen molar-refractivity contribution in [3.63, 3.8) is 0 Å². The summed E-state index contributed by atoms with van der Waals surface area (Å²) in [4.78, 5) is 12.0. The second-order valence-electron chi connectivity index (χ2n) is 6.10. The molecule has 18 heavy (non-hydrogen) atoms. The number of rotatable bonds is 5. The summed E-state index contributed by atoms with van der Waals surface area (Å²) in [7, 11) is 1.98. The molecule has 2 saturated carbocycles. The fourth-order valence-electron chi connectivity index (χ4n) is 3.46. The molecule has 1 N–H and O–H groups in total. The lowest BCUT2D eigenvalue weighted by Crippen LogP contribution is -2.46. The van der Waals surface area contributed by atoms with Gasteiger partial charge in [-0.2, -0.15) is 0 Å². The summed E-state index contributed by atoms with van der Waals surface area (Å²) in [5, 5.41) is 3.38. The van der Waals surface area contributed by atoms with Crippen LogP contribution in [0.1, 0.15) is 64.2 Å². The van der Waals surface area contributed by atoms with Gasteiger partial charge >= 0.3 is 5.97 Å². The molecule has 0 aromatic rings. The van der Waals surface area contributed by atoms with Crippen molar-refractivity contribution in [1.82, 2.24) is 5.32 Å². The lowest BCUT2D eigenvalue weighted by Gasteiger charge is -2.36. The number of carbonyl (C=O) groups excluding carboxylic acids is 1. The minimum absolute atomic E-state index is 0.00171. The number of carbonyl (C=O) groups is 1. The fourth-order valence-corrected chi connectivity index (χ4v) is 3.46. The quantitative estimate of drug-likeness (QED) is 0.765. The van der Waals surface area contributed by atoms with E-state index in [0.29, 0.717) is 18.9 Å². The molecule has 0 bridgehead atoms. The number of hydrogen-bond acceptors (Lipinski definition) is 3. The molecular weight excluding hydrogens is 226 g/mol. The van der Waals surface area contributed by atoms with Crippen LogP contribution in [0, 0.1) is 5.92 Å². The third-order valence-corrected chi connectivity index (χ3v) is 4.78. The molecule has 104 valence electrons. The Hall–Kier alpha value is -0.570. The van der Waals surface area contributed by atoms with Crippen molar-refractivity contribution in [3.05, 3.63) is 0 Å². The van der Waals surface area contributed by atoms with E-state index >= 15 is 0 Å². The molecule has 2 aliphatic carbocycles. The van der Waals surface area contributed by atoms with Gasteiger partial charge in [-0.05, 0) is 38.6 Å². The second kappa shape index (κ2) is 6.55. The van der Waals surface area contributed by atoms with Crippen molar-refractivity contribution >= 4 is 5.97 Å². The molecule has 3 heteroatoms. The van der Waals surface area contributed by atoms with Gasteiger partial charge in [-0.1, -0.05) is 32.1 Å². The van der Waals surface area contributed by atoms with Crippen molar-refractivity contribution in [3.8, 4) is 0 Å². The molecule has 0 spiro atoms. The average Bonchev–Trinajstić information content (AvgIpc) is 2.91. The summed E-state index contributed by atoms with van der Waals surface area (Å²) in [6, 6.07) is 0. The van der Waals surface area contributed by atoms with Crippen LogP contribution in [0.15, 0.2) is 0 Å². The first-order valence-corrected chi connectivity index (χ1v) is 7.59. The number of ether oxygens (including phenoxy) is 1. The lowest BCUT2D eigenvalue weighted by atomic mass is 9.79. The van der Waals surface area contributed by atoms with Crippen LogP contribution in [0.5, 0.6) is 0 Å². The van der Waals surface area contributed by atoms with Gasteiger partial charge in [-0.25, -0.2) is 0 Å². The van der Waals surface area contributed by atoms with E-state index < -0.39 is 0 Å². The lowest BCUT2D eigenvalue weighted by molar-refractivity contribution is -0.147. The standard InChI is InChI=1S/C15H27NO2/c1-16-15(9-5-2-6-10-15)11-14(17)18-12-13-7-3-4-8-13/h13,16H,2-12H2,1H3. The molecule has 0 amide bonds. The molecule has 0 unspecified atom stereocenters. The van der Waals surface area contributed by atoms with Crippen LogP contribution in [0.4, 0.5) is 0 Å². The van der Waals surface area contributed by atoms with Crippen molar-refractivity contribution in [2.24, 2.45) is 5.92 Å². The SMILES string of the molecule is CNC1(CC(=O)OCC2CCCC2)CCCCC1. The fraction of sp³-hybridized carbons (Fsp3) is 0.933. The first kappa shape index (κ1) is 13.9. The number of esters is 1. The van der Waals surface area contributed by atoms with Crippen LogP contribution >= 0.6 is 0 Å². The Balaban J connectivity index is 1.74. The highest BCUT2D eigenvalue weighted by Gasteiger charge is 2.33. The zero-order chi connectivity index (χ0) is 12.8. The molecule has 3 nitrogen and oxygen atoms in total. The zero-order valence-electron chi connectivity index (χ0n) is 11.7. The maximum atomic E-state index is 12.0. The first-order chi connectivity index (χ1) is 8.74. The summed E-state index contributed by atoms with van der Waals surface area (Å²) in [6.45, 7) is 0.651. The van der Waals surface area contributed by atoms with Crippen LogP contribution in [-0.4, -0.2) is 25.2 Å². The highest BCUT2D eigenvalue weighted by molar-refractivity contribution is 5.71. The van der Waals surface area contributed by atoms with E-state index in [-0.39, 0.29) is 11.5 Å². The van der Waals surface area contributed by atoms with Gasteiger partial charge in [0.1, 0.15) is 0 Å². The Bertz CT molecular complexity index is 266. The number of hydrogen-bond donors (Lipinski definition) is 1. The van der Waals surface area contributed by atoms with E-state index in [1.54, 1.807) is 0 Å². The van der Waals surface area contributed by atoms with Crippen LogP contribution in [0.25, 0.3) is 0 Å². The summed E-state index contributed by atoms with van der Waals surface area (Å²) >= 11 is 0. The molecule has 0 atom stereocenters. The van der Waals surface area contributed by atoms with Crippen LogP contribution < -0.4 is 5.32 Å². The normalized spacial score (nSPS) is 24.1. The second-order valence-corrected chi connectivity index (χ2v) is 6.10. The Morgan fingerprint density at radius 2 is 1.83 bits per heavy atom. The van der Waals surface area contributed by atoms with Crippen molar-refractivity contribution in [2.45, 2.75) is 69.7 Å². The molecule has 0 aromatic carbocycles. The molecule has 0 saturated heterocycles. The zero-order valence-corrected chi connectivity index (χ0v) is 11.7. The van der Waals surface area contributed by atoms with Gasteiger partial charge < -0.3 is 10.1 Å². The molecular formula is C15H27NO2. The van der Waals surface area contributed by atoms with E-state index in [0.717, 1.165) is 12.8 Å². The predicted octanol–water partition coefficient (Wildman–Crippen LogP) is 3.03. The van der Waals surface area contributed by atoms with Crippen molar-refractivity contribution < 1.29 is 9.53 Å². The Labute approximate surface area is 111 Å². The summed E-state index contributed by atoms with van der Waals surface area (Å²) in [5.74, 6) is 0.629. The van der Waals surface area contributed by atoms with Crippen LogP contribution in [0.2, 0.25) is 0 Å². The van der Waals surface area contributed by atoms with Gasteiger partial charge in [-0.3, -0.25) is 4.79 Å². The maximum Gasteiger partial charge on any atom is 0.307 e. The van der Waals surface area contributed by atoms with E-state index in [9.17, 15) is 4.79 Å². The Morgan fingerprint density at radius 1 is 1.17 bits per heavy atom. The van der Waals surface area contributed by atoms with Crippen LogP contribution in [-0.2, 0) is 9.53 Å². The van der Waals surface area contributed by atoms with Gasteiger partial charge in [0.2, 0.25) is 0 Å². The minimum Gasteiger partial charge on any atom is -0.465 e. The third-order valence-electron chi connectivity index (χ3n) is 4.78. The van der Waals surface area contributed by atoms with Crippen LogP contribution in [0.3, 0.4) is 0 Å². The summed E-state index contributed by atoms with van der Waals surface area (Å²) in [5.41, 5.74) is 0.0189. The van der Waals surface area contributed by atoms with Gasteiger partial charge in [0.15, 0.2) is 0 Å². The Morgan fingerprint density at radius 3 is 2.44 bits per heavy atom. The highest BCUT2D eigenvalue weighted by Crippen LogP contribution is 2.31. The average molecular weight is 253 g/mol. The Kier molecular flexibility index (Phi) is 5.04. The van der Waals surface area contributed by atoms with Gasteiger partial charge in [0, 0.05) is 5.54 Å². The molecule has 2 aliphatic rings. The molecule has 0 radical (unpaired) electrons. The van der Waals surface area contributed by atoms with E-state index in [2.05, 4.69) is 5.32 Å². The number of nitrogens with one attached hydrogen (secondary N) is 1. The monoisotopic (exact) mass is 253 g/mol. The molecule has 0 aromatic heterocycles. The van der Waals surface area contributed by atoms with Crippen molar-refractivity contribution in [1.29, 1.82) is 0 Å². The van der Waals surface area contributed by atoms with Gasteiger partial charge in [-0.15, -0.1) is 0 Å². The van der Waals surface area contributed by atoms with Gasteiger partial charge in [0.05, 0.1) is 13.0 Å². The van der Waals surface area contributed by atoms with E-state index in [1.807, 2.05) is 7.05 Å². The highest BCUT2D eigenvalue weighted by atomic mass is 16.5. The van der Waals surface area contributed by atoms with E-state index in [4.69, 9.17) is 4.74 Å². The summed E-state index contributed by atoms with van der Waals surface area (Å²) < 4.78 is 5.48. The summed E-state index contributed by atoms with van der Waals surface area (Å²) in [6.07, 6.45) is 11.6. The topological polar surface area (TPSA) is 38.3 Å². The predicted molar refractivity (Wildman–Crippen MR) is 72.4 cm³/mol. The maximum absolute atomic E-state index is 12.0. The molecule has 0 heterocycles. The van der Waals surface area contributed by atoms with Gasteiger partial charge in [0.25, 0.3) is 0 Å². The molecule has 0 aliphatic heterocycles. The van der Waals surface area contributed by atoms with Crippen molar-refractivity contribution in [2.75, 3.05) is 13.7 Å². The first-order valence-electron chi connectivity index (χ1n) is 7.59. The smallest absolute Gasteiger partial charge is 0.307 e. The minimum atomic E-state index is -0.00171. The largest absolute Gasteiger partial charge is 0.465 e. The molecule has 2 rings (SSSR count). The third kappa shape index (κ3) is 3.71. The van der Waals surface area contributed by atoms with E-state index in [1.165, 1.54) is 44.9 Å².